The number of hydrogen-bond acceptors (Lipinski definition) is 2. The van der Waals surface area contributed by atoms with Gasteiger partial charge < -0.3 is 5.32 Å². The normalized spacial score (nSPS) is 26.1. The molecular formula is C13H12FIN2O. The highest BCUT2D eigenvalue weighted by molar-refractivity contribution is 14.1. The predicted molar refractivity (Wildman–Crippen MR) is 77.4 cm³/mol. The van der Waals surface area contributed by atoms with Gasteiger partial charge in [0.15, 0.2) is 0 Å². The van der Waals surface area contributed by atoms with Crippen molar-refractivity contribution in [3.8, 4) is 0 Å². The number of allylic oxidation sites excluding steroid dienone is 1. The third kappa shape index (κ3) is 1.96. The van der Waals surface area contributed by atoms with Gasteiger partial charge in [0.25, 0.3) is 0 Å². The van der Waals surface area contributed by atoms with Crippen LogP contribution in [0.4, 0.5) is 4.39 Å². The summed E-state index contributed by atoms with van der Waals surface area (Å²) in [5.41, 5.74) is -0.744. The molecule has 0 spiro atoms. The average Bonchev–Trinajstić information content (AvgIpc) is 2.39. The van der Waals surface area contributed by atoms with Crippen LogP contribution in [-0.2, 0) is 10.2 Å². The van der Waals surface area contributed by atoms with E-state index in [0.717, 1.165) is 3.57 Å². The molecule has 0 saturated heterocycles. The number of carbonyl (C=O) groups excluding carboxylic acids is 1. The fraction of sp³-hybridized carbons (Fsp3) is 0.231. The number of amides is 1. The number of nitrogens with one attached hydrogen (secondary N) is 1. The lowest BCUT2D eigenvalue weighted by Gasteiger charge is -2.32. The summed E-state index contributed by atoms with van der Waals surface area (Å²) in [6, 6.07) is 7.25. The molecule has 0 aromatic heterocycles. The molecular weight excluding hydrogens is 346 g/mol. The number of rotatable bonds is 2. The molecule has 3 nitrogen and oxygen atoms in total. The number of dihydropyridines is 1. The van der Waals surface area contributed by atoms with Crippen LogP contribution in [0.5, 0.6) is 0 Å². The molecule has 2 atom stereocenters. The van der Waals surface area contributed by atoms with E-state index in [0.29, 0.717) is 5.56 Å². The Bertz CT molecular complexity index is 529. The molecule has 1 aliphatic heterocycles. The Balaban J connectivity index is 2.64. The number of nitrogens with zero attached hydrogens (tertiary/aromatic N) is 1. The number of carbonyl (C=O) groups is 1. The molecule has 0 saturated carbocycles. The van der Waals surface area contributed by atoms with Crippen molar-refractivity contribution in [1.82, 2.24) is 5.32 Å². The zero-order valence-electron chi connectivity index (χ0n) is 9.73. The van der Waals surface area contributed by atoms with Gasteiger partial charge in [-0.15, -0.1) is 0 Å². The largest absolute Gasteiger partial charge is 0.358 e. The van der Waals surface area contributed by atoms with Crippen molar-refractivity contribution in [2.45, 2.75) is 11.7 Å². The van der Waals surface area contributed by atoms with E-state index in [1.165, 1.54) is 13.3 Å². The number of alkyl halides is 1. The lowest BCUT2D eigenvalue weighted by Crippen LogP contribution is -2.49. The minimum atomic E-state index is -1.61. The van der Waals surface area contributed by atoms with Gasteiger partial charge in [0, 0.05) is 16.8 Å². The van der Waals surface area contributed by atoms with Gasteiger partial charge in [0.1, 0.15) is 5.41 Å². The van der Waals surface area contributed by atoms with Gasteiger partial charge in [-0.25, -0.2) is 4.39 Å². The van der Waals surface area contributed by atoms with Crippen molar-refractivity contribution >= 4 is 34.7 Å². The third-order valence-electron chi connectivity index (χ3n) is 2.96. The lowest BCUT2D eigenvalue weighted by atomic mass is 9.77. The SMILES string of the molecule is CNC(=O)C1(c2ccccc2I)C=CC=NC1F. The first-order chi connectivity index (χ1) is 8.63. The Labute approximate surface area is 118 Å². The molecule has 1 N–H and O–H groups in total. The highest BCUT2D eigenvalue weighted by Crippen LogP contribution is 2.37. The Kier molecular flexibility index (Phi) is 3.79. The Morgan fingerprint density at radius 2 is 2.22 bits per heavy atom. The molecule has 1 aromatic rings. The van der Waals surface area contributed by atoms with Crippen molar-refractivity contribution in [2.75, 3.05) is 7.05 Å². The second-order valence-electron chi connectivity index (χ2n) is 3.92. The zero-order chi connectivity index (χ0) is 13.2. The molecule has 2 rings (SSSR count). The third-order valence-corrected chi connectivity index (χ3v) is 3.90. The fourth-order valence-corrected chi connectivity index (χ4v) is 2.88. The second-order valence-corrected chi connectivity index (χ2v) is 5.08. The van der Waals surface area contributed by atoms with Crippen LogP contribution >= 0.6 is 22.6 Å². The van der Waals surface area contributed by atoms with Crippen LogP contribution in [0.3, 0.4) is 0 Å². The van der Waals surface area contributed by atoms with Crippen LogP contribution in [0, 0.1) is 3.57 Å². The highest BCUT2D eigenvalue weighted by Gasteiger charge is 2.47. The van der Waals surface area contributed by atoms with Gasteiger partial charge in [0.05, 0.1) is 0 Å². The van der Waals surface area contributed by atoms with Gasteiger partial charge in [-0.2, -0.15) is 0 Å². The quantitative estimate of drug-likeness (QED) is 0.639. The fourth-order valence-electron chi connectivity index (χ4n) is 2.04. The number of likely N-dealkylation sites (N-methyl/N-ethyl adjacent to an activating group) is 1. The molecule has 1 aliphatic rings. The van der Waals surface area contributed by atoms with Gasteiger partial charge in [-0.1, -0.05) is 24.3 Å². The summed E-state index contributed by atoms with van der Waals surface area (Å²) in [4.78, 5) is 15.9. The zero-order valence-corrected chi connectivity index (χ0v) is 11.9. The first-order valence-electron chi connectivity index (χ1n) is 5.45. The summed E-state index contributed by atoms with van der Waals surface area (Å²) < 4.78 is 15.1. The first-order valence-corrected chi connectivity index (χ1v) is 6.53. The molecule has 0 fully saturated rings. The average molecular weight is 358 g/mol. The van der Waals surface area contributed by atoms with Gasteiger partial charge in [0.2, 0.25) is 12.2 Å². The summed E-state index contributed by atoms with van der Waals surface area (Å²) in [5.74, 6) is -0.396. The number of hydrogen-bond donors (Lipinski definition) is 1. The Hall–Kier alpha value is -1.24. The van der Waals surface area contributed by atoms with Crippen molar-refractivity contribution in [3.63, 3.8) is 0 Å². The number of aliphatic imine (C=N–C) groups is 1. The van der Waals surface area contributed by atoms with Crippen LogP contribution in [0.25, 0.3) is 0 Å². The molecule has 1 aromatic carbocycles. The van der Waals surface area contributed by atoms with E-state index in [2.05, 4.69) is 32.9 Å². The molecule has 18 heavy (non-hydrogen) atoms. The van der Waals surface area contributed by atoms with E-state index in [9.17, 15) is 9.18 Å². The van der Waals surface area contributed by atoms with Crippen molar-refractivity contribution in [2.24, 2.45) is 4.99 Å². The van der Waals surface area contributed by atoms with Gasteiger partial charge in [-0.3, -0.25) is 9.79 Å². The van der Waals surface area contributed by atoms with Crippen LogP contribution in [0.1, 0.15) is 5.56 Å². The smallest absolute Gasteiger partial charge is 0.239 e. The van der Waals surface area contributed by atoms with E-state index < -0.39 is 17.6 Å². The van der Waals surface area contributed by atoms with Crippen molar-refractivity contribution < 1.29 is 9.18 Å². The monoisotopic (exact) mass is 358 g/mol. The molecule has 2 unspecified atom stereocenters. The molecule has 0 radical (unpaired) electrons. The van der Waals surface area contributed by atoms with Gasteiger partial charge in [-0.05, 0) is 40.3 Å². The summed E-state index contributed by atoms with van der Waals surface area (Å²) in [6.07, 6.45) is 2.94. The van der Waals surface area contributed by atoms with Gasteiger partial charge >= 0.3 is 0 Å². The Morgan fingerprint density at radius 1 is 1.50 bits per heavy atom. The minimum absolute atomic E-state index is 0.396. The van der Waals surface area contributed by atoms with Crippen LogP contribution in [0.15, 0.2) is 41.4 Å². The maximum Gasteiger partial charge on any atom is 0.239 e. The van der Waals surface area contributed by atoms with E-state index in [1.54, 1.807) is 24.3 Å². The van der Waals surface area contributed by atoms with Crippen LogP contribution in [-0.4, -0.2) is 25.5 Å². The van der Waals surface area contributed by atoms with Crippen molar-refractivity contribution in [1.29, 1.82) is 0 Å². The maximum absolute atomic E-state index is 14.3. The molecule has 1 amide bonds. The summed E-state index contributed by atoms with van der Waals surface area (Å²) in [7, 11) is 1.50. The molecule has 1 heterocycles. The lowest BCUT2D eigenvalue weighted by molar-refractivity contribution is -0.126. The Morgan fingerprint density at radius 3 is 2.83 bits per heavy atom. The predicted octanol–water partition coefficient (Wildman–Crippen LogP) is 2.21. The van der Waals surface area contributed by atoms with Crippen LogP contribution < -0.4 is 5.32 Å². The van der Waals surface area contributed by atoms with E-state index >= 15 is 0 Å². The van der Waals surface area contributed by atoms with E-state index in [1.807, 2.05) is 12.1 Å². The molecule has 5 heteroatoms. The second kappa shape index (κ2) is 5.17. The number of halogens is 2. The molecule has 0 bridgehead atoms. The summed E-state index contributed by atoms with van der Waals surface area (Å²) in [6.45, 7) is 0. The van der Waals surface area contributed by atoms with Crippen molar-refractivity contribution in [3.05, 3.63) is 45.6 Å². The van der Waals surface area contributed by atoms with E-state index in [4.69, 9.17) is 0 Å². The number of benzene rings is 1. The van der Waals surface area contributed by atoms with Crippen LogP contribution in [0.2, 0.25) is 0 Å². The molecule has 94 valence electrons. The summed E-state index contributed by atoms with van der Waals surface area (Å²) in [5, 5.41) is 2.52. The van der Waals surface area contributed by atoms with E-state index in [-0.39, 0.29) is 0 Å². The minimum Gasteiger partial charge on any atom is -0.358 e. The summed E-state index contributed by atoms with van der Waals surface area (Å²) >= 11 is 2.10. The standard InChI is InChI=1S/C13H12FIN2O/c1-16-12(18)13(7-4-8-17-11(13)14)9-5-2-3-6-10(9)15/h2-8,11H,1H3,(H,16,18). The topological polar surface area (TPSA) is 41.5 Å². The highest BCUT2D eigenvalue weighted by atomic mass is 127. The molecule has 0 aliphatic carbocycles. The first kappa shape index (κ1) is 13.2. The maximum atomic E-state index is 14.3.